The number of likely N-dealkylation sites (tertiary alicyclic amines) is 1. The first-order chi connectivity index (χ1) is 12.2. The van der Waals surface area contributed by atoms with E-state index in [1.165, 1.54) is 6.07 Å². The van der Waals surface area contributed by atoms with Crippen LogP contribution in [0.1, 0.15) is 0 Å². The summed E-state index contributed by atoms with van der Waals surface area (Å²) in [7, 11) is 1.60. The molecule has 1 N–H and O–H groups in total. The maximum Gasteiger partial charge on any atom is 0.213 e. The third-order valence-corrected chi connectivity index (χ3v) is 4.67. The molecule has 0 spiro atoms. The summed E-state index contributed by atoms with van der Waals surface area (Å²) in [5, 5.41) is 3.35. The number of methoxy groups -OCH3 is 1. The highest BCUT2D eigenvalue weighted by Crippen LogP contribution is 2.36. The Morgan fingerprint density at radius 3 is 2.96 bits per heavy atom. The molecule has 2 aliphatic heterocycles. The average Bonchev–Trinajstić information content (AvgIpc) is 2.61. The number of aromatic nitrogens is 1. The van der Waals surface area contributed by atoms with Crippen LogP contribution in [0.25, 0.3) is 0 Å². The van der Waals surface area contributed by atoms with E-state index in [9.17, 15) is 4.39 Å². The second-order valence-electron chi connectivity index (χ2n) is 6.24. The second-order valence-corrected chi connectivity index (χ2v) is 6.24. The number of rotatable bonds is 5. The Kier molecular flexibility index (Phi) is 4.31. The average molecular weight is 344 g/mol. The first kappa shape index (κ1) is 16.0. The lowest BCUT2D eigenvalue weighted by Crippen LogP contribution is -2.61. The summed E-state index contributed by atoms with van der Waals surface area (Å²) < 4.78 is 24.4. The summed E-state index contributed by atoms with van der Waals surface area (Å²) >= 11 is 0. The first-order valence-electron chi connectivity index (χ1n) is 8.39. The van der Waals surface area contributed by atoms with Gasteiger partial charge in [-0.25, -0.2) is 9.37 Å². The maximum absolute atomic E-state index is 13.9. The molecule has 6 nitrogen and oxygen atoms in total. The summed E-state index contributed by atoms with van der Waals surface area (Å²) in [6.45, 7) is 3.95. The lowest BCUT2D eigenvalue weighted by Gasteiger charge is -2.48. The molecule has 1 aromatic heterocycles. The van der Waals surface area contributed by atoms with Gasteiger partial charge in [0.2, 0.25) is 5.88 Å². The minimum Gasteiger partial charge on any atom is -0.486 e. The molecule has 0 amide bonds. The molecule has 1 saturated heterocycles. The summed E-state index contributed by atoms with van der Waals surface area (Å²) in [4.78, 5) is 8.75. The molecule has 0 bridgehead atoms. The van der Waals surface area contributed by atoms with Gasteiger partial charge < -0.3 is 19.7 Å². The molecular formula is C18H21FN4O2. The lowest BCUT2D eigenvalue weighted by molar-refractivity contribution is 0.147. The molecular weight excluding hydrogens is 323 g/mol. The van der Waals surface area contributed by atoms with Gasteiger partial charge in [0, 0.05) is 19.2 Å². The van der Waals surface area contributed by atoms with Crippen LogP contribution in [-0.2, 0) is 0 Å². The van der Waals surface area contributed by atoms with Gasteiger partial charge in [0.05, 0.1) is 43.9 Å². The van der Waals surface area contributed by atoms with E-state index >= 15 is 0 Å². The summed E-state index contributed by atoms with van der Waals surface area (Å²) in [5.41, 5.74) is 1.83. The molecule has 0 aliphatic carbocycles. The van der Waals surface area contributed by atoms with Crippen molar-refractivity contribution in [3.8, 4) is 11.6 Å². The van der Waals surface area contributed by atoms with Crippen molar-refractivity contribution in [2.45, 2.75) is 6.04 Å². The van der Waals surface area contributed by atoms with Crippen molar-refractivity contribution in [3.05, 3.63) is 42.3 Å². The number of anilines is 2. The van der Waals surface area contributed by atoms with Crippen LogP contribution in [0.5, 0.6) is 11.6 Å². The van der Waals surface area contributed by atoms with Crippen LogP contribution >= 0.6 is 0 Å². The lowest BCUT2D eigenvalue weighted by atomic mass is 10.1. The van der Waals surface area contributed by atoms with E-state index in [0.29, 0.717) is 24.3 Å². The highest BCUT2D eigenvalue weighted by Gasteiger charge is 2.35. The third kappa shape index (κ3) is 3.19. The van der Waals surface area contributed by atoms with Gasteiger partial charge >= 0.3 is 0 Å². The van der Waals surface area contributed by atoms with Gasteiger partial charge in [0.1, 0.15) is 6.61 Å². The van der Waals surface area contributed by atoms with Crippen LogP contribution in [0.2, 0.25) is 0 Å². The molecule has 0 saturated carbocycles. The van der Waals surface area contributed by atoms with Crippen molar-refractivity contribution in [1.82, 2.24) is 9.88 Å². The molecule has 0 atom stereocenters. The minimum absolute atomic E-state index is 0.285. The maximum atomic E-state index is 13.9. The van der Waals surface area contributed by atoms with Crippen LogP contribution in [0.15, 0.2) is 36.5 Å². The highest BCUT2D eigenvalue weighted by atomic mass is 19.1. The van der Waals surface area contributed by atoms with E-state index in [-0.39, 0.29) is 5.82 Å². The second kappa shape index (κ2) is 6.76. The minimum atomic E-state index is -0.285. The molecule has 7 heteroatoms. The van der Waals surface area contributed by atoms with E-state index in [1.54, 1.807) is 19.4 Å². The van der Waals surface area contributed by atoms with Gasteiger partial charge in [-0.3, -0.25) is 4.90 Å². The smallest absolute Gasteiger partial charge is 0.213 e. The van der Waals surface area contributed by atoms with Gasteiger partial charge in [0.25, 0.3) is 0 Å². The molecule has 2 aliphatic rings. The monoisotopic (exact) mass is 344 g/mol. The quantitative estimate of drug-likeness (QED) is 0.897. The number of halogens is 1. The normalized spacial score (nSPS) is 17.4. The van der Waals surface area contributed by atoms with E-state index in [2.05, 4.69) is 20.1 Å². The zero-order valence-corrected chi connectivity index (χ0v) is 14.1. The Labute approximate surface area is 146 Å². The number of nitrogens with zero attached hydrogens (tertiary/aromatic N) is 3. The Balaban J connectivity index is 1.31. The fourth-order valence-corrected chi connectivity index (χ4v) is 3.29. The van der Waals surface area contributed by atoms with Gasteiger partial charge in [-0.15, -0.1) is 0 Å². The zero-order valence-electron chi connectivity index (χ0n) is 14.1. The summed E-state index contributed by atoms with van der Waals surface area (Å²) in [6.07, 6.45) is 1.76. The van der Waals surface area contributed by atoms with Crippen molar-refractivity contribution in [3.63, 3.8) is 0 Å². The number of pyridine rings is 1. The van der Waals surface area contributed by atoms with Gasteiger partial charge in [-0.05, 0) is 18.2 Å². The standard InChI is InChI=1S/C18H21FN4O2/c1-24-17-6-5-13(9-20-17)21-12-22-10-14(11-22)23-7-8-25-18-15(19)3-2-4-16(18)23/h2-6,9,14,21H,7-8,10-12H2,1H3. The molecule has 25 heavy (non-hydrogen) atoms. The van der Waals surface area contributed by atoms with Crippen molar-refractivity contribution >= 4 is 11.4 Å². The van der Waals surface area contributed by atoms with Gasteiger partial charge in [-0.1, -0.05) is 6.07 Å². The van der Waals surface area contributed by atoms with Crippen LogP contribution in [0, 0.1) is 5.82 Å². The largest absolute Gasteiger partial charge is 0.486 e. The number of para-hydroxylation sites is 1. The van der Waals surface area contributed by atoms with E-state index < -0.39 is 0 Å². The van der Waals surface area contributed by atoms with Crippen LogP contribution in [0.4, 0.5) is 15.8 Å². The molecule has 0 unspecified atom stereocenters. The fraction of sp³-hybridized carbons (Fsp3) is 0.389. The number of hydrogen-bond donors (Lipinski definition) is 1. The van der Waals surface area contributed by atoms with Gasteiger partial charge in [0.15, 0.2) is 11.6 Å². The van der Waals surface area contributed by atoms with E-state index in [1.807, 2.05) is 18.2 Å². The van der Waals surface area contributed by atoms with Crippen molar-refractivity contribution in [2.24, 2.45) is 0 Å². The third-order valence-electron chi connectivity index (χ3n) is 4.67. The number of nitrogens with one attached hydrogen (secondary N) is 1. The van der Waals surface area contributed by atoms with Gasteiger partial charge in [-0.2, -0.15) is 0 Å². The summed E-state index contributed by atoms with van der Waals surface area (Å²) in [6, 6.07) is 9.29. The van der Waals surface area contributed by atoms with Crippen molar-refractivity contribution in [1.29, 1.82) is 0 Å². The summed E-state index contributed by atoms with van der Waals surface area (Å²) in [5.74, 6) is 0.703. The fourth-order valence-electron chi connectivity index (χ4n) is 3.29. The molecule has 3 heterocycles. The zero-order chi connectivity index (χ0) is 17.2. The first-order valence-corrected chi connectivity index (χ1v) is 8.39. The number of hydrogen-bond acceptors (Lipinski definition) is 6. The van der Waals surface area contributed by atoms with Crippen LogP contribution < -0.4 is 19.7 Å². The van der Waals surface area contributed by atoms with E-state index in [0.717, 1.165) is 37.7 Å². The van der Waals surface area contributed by atoms with Crippen molar-refractivity contribution < 1.29 is 13.9 Å². The number of fused-ring (bicyclic) bond motifs is 1. The predicted molar refractivity (Wildman–Crippen MR) is 93.9 cm³/mol. The molecule has 0 radical (unpaired) electrons. The van der Waals surface area contributed by atoms with Crippen LogP contribution in [0.3, 0.4) is 0 Å². The van der Waals surface area contributed by atoms with Crippen molar-refractivity contribution in [2.75, 3.05) is 50.2 Å². The molecule has 4 rings (SSSR count). The Bertz CT molecular complexity index is 734. The molecule has 132 valence electrons. The molecule has 1 aromatic carbocycles. The van der Waals surface area contributed by atoms with Crippen LogP contribution in [-0.4, -0.2) is 55.9 Å². The molecule has 2 aromatic rings. The Morgan fingerprint density at radius 2 is 2.20 bits per heavy atom. The van der Waals surface area contributed by atoms with E-state index in [4.69, 9.17) is 9.47 Å². The number of ether oxygens (including phenoxy) is 2. The number of benzene rings is 1. The Morgan fingerprint density at radius 1 is 1.32 bits per heavy atom. The Hall–Kier alpha value is -2.54. The topological polar surface area (TPSA) is 49.9 Å². The molecule has 1 fully saturated rings. The predicted octanol–water partition coefficient (Wildman–Crippen LogP) is 2.18. The SMILES string of the molecule is COc1ccc(NCN2CC(N3CCOc4c(F)cccc43)C2)cn1. The highest BCUT2D eigenvalue weighted by molar-refractivity contribution is 5.61.